The van der Waals surface area contributed by atoms with Crippen LogP contribution in [0.25, 0.3) is 0 Å². The lowest BCUT2D eigenvalue weighted by Gasteiger charge is -2.07. The molecule has 2 heteroatoms. The molecule has 0 spiro atoms. The highest BCUT2D eigenvalue weighted by atomic mass is 16.1. The molecule has 12 heavy (non-hydrogen) atoms. The van der Waals surface area contributed by atoms with E-state index in [0.717, 1.165) is 6.42 Å². The van der Waals surface area contributed by atoms with E-state index in [-0.39, 0.29) is 11.8 Å². The largest absolute Gasteiger partial charge is 0.327 e. The normalized spacial score (nSPS) is 18.8. The lowest BCUT2D eigenvalue weighted by atomic mass is 10.0. The number of hydrogen-bond acceptors (Lipinski definition) is 2. The fourth-order valence-corrected chi connectivity index (χ4v) is 1.32. The van der Waals surface area contributed by atoms with Crippen LogP contribution in [0.2, 0.25) is 0 Å². The standard InChI is InChI=1S/C10H17NO/c1-2-3-4-9(12)7-10(11)8-5-6-8/h2,8,10H,1,3-7,11H2. The van der Waals surface area contributed by atoms with Crippen molar-refractivity contribution < 1.29 is 4.79 Å². The lowest BCUT2D eigenvalue weighted by Crippen LogP contribution is -2.25. The van der Waals surface area contributed by atoms with Crippen molar-refractivity contribution >= 4 is 5.78 Å². The number of hydrogen-bond donors (Lipinski definition) is 1. The van der Waals surface area contributed by atoms with Gasteiger partial charge in [-0.15, -0.1) is 6.58 Å². The van der Waals surface area contributed by atoms with Gasteiger partial charge in [0.1, 0.15) is 5.78 Å². The molecule has 1 saturated carbocycles. The fraction of sp³-hybridized carbons (Fsp3) is 0.700. The molecule has 1 aliphatic rings. The quantitative estimate of drug-likeness (QED) is 0.611. The van der Waals surface area contributed by atoms with E-state index in [0.29, 0.717) is 18.8 Å². The predicted molar refractivity (Wildman–Crippen MR) is 49.8 cm³/mol. The first kappa shape index (κ1) is 9.46. The van der Waals surface area contributed by atoms with Crippen LogP contribution in [0.3, 0.4) is 0 Å². The van der Waals surface area contributed by atoms with Crippen LogP contribution in [0, 0.1) is 5.92 Å². The molecule has 1 atom stereocenters. The zero-order valence-corrected chi connectivity index (χ0v) is 7.46. The summed E-state index contributed by atoms with van der Waals surface area (Å²) in [5.74, 6) is 0.923. The maximum atomic E-state index is 11.2. The highest BCUT2D eigenvalue weighted by molar-refractivity contribution is 5.79. The van der Waals surface area contributed by atoms with E-state index in [2.05, 4.69) is 6.58 Å². The molecule has 2 N–H and O–H groups in total. The predicted octanol–water partition coefficient (Wildman–Crippen LogP) is 1.65. The SMILES string of the molecule is C=CCCC(=O)CC(N)C1CC1. The van der Waals surface area contributed by atoms with Crippen molar-refractivity contribution in [1.29, 1.82) is 0 Å². The topological polar surface area (TPSA) is 43.1 Å². The Morgan fingerprint density at radius 1 is 1.67 bits per heavy atom. The molecule has 1 unspecified atom stereocenters. The summed E-state index contributed by atoms with van der Waals surface area (Å²) in [6.45, 7) is 3.58. The summed E-state index contributed by atoms with van der Waals surface area (Å²) in [6.07, 6.45) is 6.19. The van der Waals surface area contributed by atoms with Gasteiger partial charge in [0.05, 0.1) is 0 Å². The van der Waals surface area contributed by atoms with E-state index >= 15 is 0 Å². The van der Waals surface area contributed by atoms with Gasteiger partial charge in [-0.05, 0) is 25.2 Å². The van der Waals surface area contributed by atoms with E-state index in [9.17, 15) is 4.79 Å². The van der Waals surface area contributed by atoms with Gasteiger partial charge in [0.25, 0.3) is 0 Å². The minimum atomic E-state index is 0.127. The van der Waals surface area contributed by atoms with Crippen LogP contribution in [0.1, 0.15) is 32.1 Å². The van der Waals surface area contributed by atoms with Crippen LogP contribution < -0.4 is 5.73 Å². The Hall–Kier alpha value is -0.630. The van der Waals surface area contributed by atoms with Crippen molar-refractivity contribution in [2.24, 2.45) is 11.7 Å². The van der Waals surface area contributed by atoms with Gasteiger partial charge in [0.15, 0.2) is 0 Å². The van der Waals surface area contributed by atoms with Gasteiger partial charge >= 0.3 is 0 Å². The van der Waals surface area contributed by atoms with Gasteiger partial charge < -0.3 is 5.73 Å². The summed E-state index contributed by atoms with van der Waals surface area (Å²) in [5, 5.41) is 0. The van der Waals surface area contributed by atoms with Gasteiger partial charge in [-0.25, -0.2) is 0 Å². The first-order valence-electron chi connectivity index (χ1n) is 4.62. The molecule has 0 aromatic carbocycles. The Morgan fingerprint density at radius 3 is 2.83 bits per heavy atom. The Morgan fingerprint density at radius 2 is 2.33 bits per heavy atom. The highest BCUT2D eigenvalue weighted by Gasteiger charge is 2.29. The molecule has 1 fully saturated rings. The number of rotatable bonds is 6. The number of nitrogens with two attached hydrogens (primary N) is 1. The second kappa shape index (κ2) is 4.41. The number of allylic oxidation sites excluding steroid dienone is 1. The molecular weight excluding hydrogens is 150 g/mol. The molecule has 2 nitrogen and oxygen atoms in total. The summed E-state index contributed by atoms with van der Waals surface area (Å²) in [4.78, 5) is 11.2. The number of ketones is 1. The van der Waals surface area contributed by atoms with E-state index < -0.39 is 0 Å². The van der Waals surface area contributed by atoms with Gasteiger partial charge in [0.2, 0.25) is 0 Å². The minimum Gasteiger partial charge on any atom is -0.327 e. The molecule has 1 rings (SSSR count). The average Bonchev–Trinajstić information content (AvgIpc) is 2.82. The maximum Gasteiger partial charge on any atom is 0.134 e. The van der Waals surface area contributed by atoms with Crippen molar-refractivity contribution in [2.45, 2.75) is 38.1 Å². The van der Waals surface area contributed by atoms with E-state index in [1.54, 1.807) is 6.08 Å². The Labute approximate surface area is 73.8 Å². The second-order valence-electron chi connectivity index (χ2n) is 3.57. The molecule has 0 saturated heterocycles. The van der Waals surface area contributed by atoms with E-state index in [4.69, 9.17) is 5.73 Å². The summed E-state index contributed by atoms with van der Waals surface area (Å²) in [6, 6.07) is 0.127. The number of carbonyl (C=O) groups is 1. The van der Waals surface area contributed by atoms with Gasteiger partial charge in [-0.3, -0.25) is 4.79 Å². The summed E-state index contributed by atoms with van der Waals surface area (Å²) < 4.78 is 0. The van der Waals surface area contributed by atoms with Crippen molar-refractivity contribution in [1.82, 2.24) is 0 Å². The third-order valence-corrected chi connectivity index (χ3v) is 2.32. The molecule has 1 aliphatic carbocycles. The van der Waals surface area contributed by atoms with Crippen molar-refractivity contribution in [3.63, 3.8) is 0 Å². The summed E-state index contributed by atoms with van der Waals surface area (Å²) in [7, 11) is 0. The van der Waals surface area contributed by atoms with Crippen molar-refractivity contribution in [3.05, 3.63) is 12.7 Å². The van der Waals surface area contributed by atoms with Gasteiger partial charge in [-0.1, -0.05) is 6.08 Å². The van der Waals surface area contributed by atoms with Crippen LogP contribution in [0.4, 0.5) is 0 Å². The third kappa shape index (κ3) is 3.18. The molecule has 0 aliphatic heterocycles. The molecule has 0 aromatic rings. The van der Waals surface area contributed by atoms with E-state index in [1.807, 2.05) is 0 Å². The van der Waals surface area contributed by atoms with Crippen LogP contribution in [0.15, 0.2) is 12.7 Å². The van der Waals surface area contributed by atoms with Crippen molar-refractivity contribution in [3.8, 4) is 0 Å². The lowest BCUT2D eigenvalue weighted by molar-refractivity contribution is -0.119. The molecule has 0 radical (unpaired) electrons. The van der Waals surface area contributed by atoms with Crippen LogP contribution in [-0.2, 0) is 4.79 Å². The first-order valence-corrected chi connectivity index (χ1v) is 4.62. The first-order chi connectivity index (χ1) is 5.74. The van der Waals surface area contributed by atoms with Gasteiger partial charge in [-0.2, -0.15) is 0 Å². The smallest absolute Gasteiger partial charge is 0.134 e. The average molecular weight is 167 g/mol. The third-order valence-electron chi connectivity index (χ3n) is 2.32. The highest BCUT2D eigenvalue weighted by Crippen LogP contribution is 2.32. The van der Waals surface area contributed by atoms with Crippen LogP contribution >= 0.6 is 0 Å². The molecule has 68 valence electrons. The molecule has 0 amide bonds. The summed E-state index contributed by atoms with van der Waals surface area (Å²) in [5.41, 5.74) is 5.80. The second-order valence-corrected chi connectivity index (χ2v) is 3.57. The van der Waals surface area contributed by atoms with Crippen LogP contribution in [0.5, 0.6) is 0 Å². The zero-order chi connectivity index (χ0) is 8.97. The Bertz CT molecular complexity index is 173. The Kier molecular flexibility index (Phi) is 3.48. The minimum absolute atomic E-state index is 0.127. The van der Waals surface area contributed by atoms with Crippen LogP contribution in [-0.4, -0.2) is 11.8 Å². The molecule has 0 aromatic heterocycles. The summed E-state index contributed by atoms with van der Waals surface area (Å²) >= 11 is 0. The number of Topliss-reactive ketones (excluding diaryl/α,β-unsaturated/α-hetero) is 1. The fourth-order valence-electron chi connectivity index (χ4n) is 1.32. The van der Waals surface area contributed by atoms with Crippen molar-refractivity contribution in [2.75, 3.05) is 0 Å². The Balaban J connectivity index is 2.11. The monoisotopic (exact) mass is 167 g/mol. The molecule has 0 bridgehead atoms. The van der Waals surface area contributed by atoms with Gasteiger partial charge in [0, 0.05) is 18.9 Å². The van der Waals surface area contributed by atoms with E-state index in [1.165, 1.54) is 12.8 Å². The molecular formula is C10H17NO. The zero-order valence-electron chi connectivity index (χ0n) is 7.46. The molecule has 0 heterocycles. The number of carbonyl (C=O) groups excluding carboxylic acids is 1. The maximum absolute atomic E-state index is 11.2.